The molecule has 126 valence electrons. The van der Waals surface area contributed by atoms with Crippen molar-refractivity contribution in [3.05, 3.63) is 53.1 Å². The summed E-state index contributed by atoms with van der Waals surface area (Å²) in [6, 6.07) is 15.2. The Kier molecular flexibility index (Phi) is 4.28. The van der Waals surface area contributed by atoms with Gasteiger partial charge in [-0.05, 0) is 54.8 Å². The largest absolute Gasteiger partial charge is 0.374 e. The van der Waals surface area contributed by atoms with Gasteiger partial charge in [-0.1, -0.05) is 17.7 Å². The van der Waals surface area contributed by atoms with E-state index < -0.39 is 0 Å². The van der Waals surface area contributed by atoms with Gasteiger partial charge in [-0.2, -0.15) is 0 Å². The molecule has 2 heterocycles. The highest BCUT2D eigenvalue weighted by Crippen LogP contribution is 2.31. The molecule has 0 radical (unpaired) electrons. The van der Waals surface area contributed by atoms with Gasteiger partial charge >= 0.3 is 0 Å². The lowest BCUT2D eigenvalue weighted by atomic mass is 10.0. The molecule has 0 amide bonds. The average Bonchev–Trinajstić information content (AvgIpc) is 2.62. The van der Waals surface area contributed by atoms with Crippen molar-refractivity contribution in [2.45, 2.75) is 12.8 Å². The number of rotatable bonds is 2. The van der Waals surface area contributed by atoms with Gasteiger partial charge in [-0.3, -0.25) is 0 Å². The van der Waals surface area contributed by atoms with Gasteiger partial charge in [0.05, 0.1) is 0 Å². The molecule has 1 saturated heterocycles. The van der Waals surface area contributed by atoms with Crippen LogP contribution in [0.15, 0.2) is 42.5 Å². The summed E-state index contributed by atoms with van der Waals surface area (Å²) in [5, 5.41) is 0.814. The summed E-state index contributed by atoms with van der Waals surface area (Å²) in [6.07, 6.45) is 2.46. The fourth-order valence-corrected chi connectivity index (χ4v) is 4.05. The van der Waals surface area contributed by atoms with Crippen molar-refractivity contribution in [2.75, 3.05) is 54.5 Å². The summed E-state index contributed by atoms with van der Waals surface area (Å²) in [4.78, 5) is 7.31. The summed E-state index contributed by atoms with van der Waals surface area (Å²) in [5.41, 5.74) is 5.50. The van der Waals surface area contributed by atoms with Crippen molar-refractivity contribution < 1.29 is 0 Å². The fraction of sp³-hybridized carbons (Fsp3) is 0.400. The van der Waals surface area contributed by atoms with Crippen LogP contribution in [0.4, 0.5) is 17.1 Å². The van der Waals surface area contributed by atoms with E-state index >= 15 is 0 Å². The second-order valence-corrected chi connectivity index (χ2v) is 7.23. The van der Waals surface area contributed by atoms with Gasteiger partial charge in [-0.15, -0.1) is 0 Å². The molecule has 24 heavy (non-hydrogen) atoms. The van der Waals surface area contributed by atoms with Crippen LogP contribution in [0.2, 0.25) is 5.02 Å². The van der Waals surface area contributed by atoms with E-state index in [0.717, 1.165) is 31.2 Å². The molecule has 0 aromatic heterocycles. The van der Waals surface area contributed by atoms with Crippen molar-refractivity contribution in [3.63, 3.8) is 0 Å². The van der Waals surface area contributed by atoms with Gasteiger partial charge in [0.25, 0.3) is 0 Å². The number of hydrogen-bond donors (Lipinski definition) is 0. The highest BCUT2D eigenvalue weighted by molar-refractivity contribution is 6.30. The second-order valence-electron chi connectivity index (χ2n) is 6.79. The van der Waals surface area contributed by atoms with Gasteiger partial charge in [0.2, 0.25) is 0 Å². The maximum absolute atomic E-state index is 6.13. The van der Waals surface area contributed by atoms with Crippen LogP contribution in [-0.4, -0.2) is 39.8 Å². The van der Waals surface area contributed by atoms with Crippen LogP contribution in [0, 0.1) is 0 Å². The number of fused-ring (bicyclic) bond motifs is 1. The van der Waals surface area contributed by atoms with Crippen LogP contribution >= 0.6 is 11.6 Å². The van der Waals surface area contributed by atoms with Crippen LogP contribution in [0.5, 0.6) is 0 Å². The number of hydrogen-bond acceptors (Lipinski definition) is 3. The molecule has 0 aliphatic carbocycles. The number of anilines is 3. The minimum Gasteiger partial charge on any atom is -0.374 e. The predicted molar refractivity (Wildman–Crippen MR) is 104 cm³/mol. The Hall–Kier alpha value is -1.87. The normalized spacial score (nSPS) is 17.8. The fourth-order valence-electron chi connectivity index (χ4n) is 3.86. The van der Waals surface area contributed by atoms with E-state index in [9.17, 15) is 0 Å². The van der Waals surface area contributed by atoms with Crippen LogP contribution in [-0.2, 0) is 6.42 Å². The molecule has 2 aliphatic rings. The van der Waals surface area contributed by atoms with Crippen molar-refractivity contribution in [3.8, 4) is 0 Å². The highest BCUT2D eigenvalue weighted by Gasteiger charge is 2.20. The molecule has 0 unspecified atom stereocenters. The van der Waals surface area contributed by atoms with E-state index in [1.54, 1.807) is 0 Å². The highest BCUT2D eigenvalue weighted by atomic mass is 35.5. The maximum Gasteiger partial charge on any atom is 0.0426 e. The maximum atomic E-state index is 6.13. The smallest absolute Gasteiger partial charge is 0.0426 e. The first-order chi connectivity index (χ1) is 11.7. The lowest BCUT2D eigenvalue weighted by molar-refractivity contribution is 0.652. The van der Waals surface area contributed by atoms with Crippen molar-refractivity contribution >= 4 is 28.7 Å². The molecule has 2 aromatic rings. The zero-order valence-electron chi connectivity index (χ0n) is 14.2. The number of aryl methyl sites for hydroxylation is 1. The molecule has 1 fully saturated rings. The molecule has 2 aromatic carbocycles. The molecule has 4 rings (SSSR count). The lowest BCUT2D eigenvalue weighted by Gasteiger charge is -2.38. The van der Waals surface area contributed by atoms with E-state index in [2.05, 4.69) is 52.1 Å². The Balaban J connectivity index is 1.46. The van der Waals surface area contributed by atoms with Gasteiger partial charge < -0.3 is 14.7 Å². The third-order valence-corrected chi connectivity index (χ3v) is 5.47. The molecule has 3 nitrogen and oxygen atoms in total. The van der Waals surface area contributed by atoms with Gasteiger partial charge in [0, 0.05) is 61.9 Å². The minimum absolute atomic E-state index is 0.814. The zero-order chi connectivity index (χ0) is 16.5. The zero-order valence-corrected chi connectivity index (χ0v) is 15.0. The van der Waals surface area contributed by atoms with E-state index in [1.165, 1.54) is 42.0 Å². The van der Waals surface area contributed by atoms with E-state index in [-0.39, 0.29) is 0 Å². The lowest BCUT2D eigenvalue weighted by Crippen LogP contribution is -2.46. The number of halogens is 1. The number of piperazine rings is 1. The first kappa shape index (κ1) is 15.6. The Morgan fingerprint density at radius 1 is 0.833 bits per heavy atom. The molecule has 4 heteroatoms. The van der Waals surface area contributed by atoms with Gasteiger partial charge in [-0.25, -0.2) is 0 Å². The summed E-state index contributed by atoms with van der Waals surface area (Å²) in [5.74, 6) is 0. The SMILES string of the molecule is CN1CCCc2cc(N3CCN(c4cccc(Cl)c4)CC3)ccc21. The summed E-state index contributed by atoms with van der Waals surface area (Å²) >= 11 is 6.13. The van der Waals surface area contributed by atoms with Crippen LogP contribution < -0.4 is 14.7 Å². The summed E-state index contributed by atoms with van der Waals surface area (Å²) in [7, 11) is 2.20. The molecule has 0 bridgehead atoms. The molecule has 0 spiro atoms. The third-order valence-electron chi connectivity index (χ3n) is 5.23. The van der Waals surface area contributed by atoms with Crippen LogP contribution in [0.3, 0.4) is 0 Å². The third kappa shape index (κ3) is 3.05. The number of nitrogens with zero attached hydrogens (tertiary/aromatic N) is 3. The predicted octanol–water partition coefficient (Wildman–Crippen LogP) is 4.05. The van der Waals surface area contributed by atoms with Gasteiger partial charge in [0.15, 0.2) is 0 Å². The first-order valence-corrected chi connectivity index (χ1v) is 9.18. The Morgan fingerprint density at radius 2 is 1.54 bits per heavy atom. The second kappa shape index (κ2) is 6.56. The quantitative estimate of drug-likeness (QED) is 0.816. The Morgan fingerprint density at radius 3 is 2.25 bits per heavy atom. The van der Waals surface area contributed by atoms with E-state index in [4.69, 9.17) is 11.6 Å². The molecule has 0 saturated carbocycles. The van der Waals surface area contributed by atoms with Crippen molar-refractivity contribution in [2.24, 2.45) is 0 Å². The molecule has 0 atom stereocenters. The summed E-state index contributed by atoms with van der Waals surface area (Å²) < 4.78 is 0. The Bertz CT molecular complexity index is 723. The molecular weight excluding hydrogens is 318 g/mol. The van der Waals surface area contributed by atoms with E-state index in [1.807, 2.05) is 12.1 Å². The summed E-state index contributed by atoms with van der Waals surface area (Å²) in [6.45, 7) is 5.36. The van der Waals surface area contributed by atoms with Crippen molar-refractivity contribution in [1.29, 1.82) is 0 Å². The Labute approximate surface area is 149 Å². The van der Waals surface area contributed by atoms with Crippen LogP contribution in [0.25, 0.3) is 0 Å². The molecule has 2 aliphatic heterocycles. The van der Waals surface area contributed by atoms with Gasteiger partial charge in [0.1, 0.15) is 0 Å². The monoisotopic (exact) mass is 341 g/mol. The number of benzene rings is 2. The van der Waals surface area contributed by atoms with E-state index in [0.29, 0.717) is 0 Å². The molecular formula is C20H24ClN3. The minimum atomic E-state index is 0.814. The average molecular weight is 342 g/mol. The first-order valence-electron chi connectivity index (χ1n) is 8.80. The molecule has 0 N–H and O–H groups in total. The van der Waals surface area contributed by atoms with Crippen molar-refractivity contribution in [1.82, 2.24) is 0 Å². The standard InChI is InChI=1S/C20H24ClN3/c1-22-9-3-4-16-14-19(7-8-20(16)22)24-12-10-23(11-13-24)18-6-2-5-17(21)15-18/h2,5-8,14-15H,3-4,9-13H2,1H3. The topological polar surface area (TPSA) is 9.72 Å². The van der Waals surface area contributed by atoms with Crippen LogP contribution in [0.1, 0.15) is 12.0 Å².